The van der Waals surface area contributed by atoms with Crippen molar-refractivity contribution in [3.63, 3.8) is 0 Å². The molecule has 0 radical (unpaired) electrons. The van der Waals surface area contributed by atoms with Crippen molar-refractivity contribution in [3.8, 4) is 0 Å². The van der Waals surface area contributed by atoms with Crippen LogP contribution in [0.25, 0.3) is 0 Å². The maximum absolute atomic E-state index is 13.3. The number of rotatable bonds is 10. The fourth-order valence-corrected chi connectivity index (χ4v) is 2.67. The molecule has 0 aliphatic heterocycles. The summed E-state index contributed by atoms with van der Waals surface area (Å²) in [5.41, 5.74) is 13.6. The van der Waals surface area contributed by atoms with E-state index in [4.69, 9.17) is 16.9 Å². The molecule has 0 saturated carbocycles. The number of amides is 2. The van der Waals surface area contributed by atoms with E-state index in [9.17, 15) is 14.0 Å². The highest BCUT2D eigenvalue weighted by molar-refractivity contribution is 5.95. The molecule has 154 valence electrons. The lowest BCUT2D eigenvalue weighted by Crippen LogP contribution is -2.52. The van der Waals surface area contributed by atoms with E-state index in [1.807, 2.05) is 30.3 Å². The molecule has 0 spiro atoms. The Morgan fingerprint density at radius 1 is 1.00 bits per heavy atom. The largest absolute Gasteiger partial charge is 0.384 e. The number of benzene rings is 2. The molecular weight excluding hydrogens is 373 g/mol. The molecule has 0 fully saturated rings. The van der Waals surface area contributed by atoms with E-state index in [-0.39, 0.29) is 12.4 Å². The van der Waals surface area contributed by atoms with Crippen molar-refractivity contribution in [1.29, 1.82) is 5.41 Å². The number of nitrogen functional groups attached to an aromatic ring is 1. The van der Waals surface area contributed by atoms with E-state index in [0.717, 1.165) is 11.1 Å². The molecular formula is C21H26FN5O2. The van der Waals surface area contributed by atoms with E-state index in [2.05, 4.69) is 10.6 Å². The molecule has 0 bridgehead atoms. The summed E-state index contributed by atoms with van der Waals surface area (Å²) < 4.78 is 13.3. The first-order valence-electron chi connectivity index (χ1n) is 9.27. The molecule has 2 amide bonds. The predicted octanol–water partition coefficient (Wildman–Crippen LogP) is 1.00. The number of nitrogens with two attached hydrogens (primary N) is 2. The monoisotopic (exact) mass is 399 g/mol. The SMILES string of the molecule is N=C(N)c1ccc(CNC(=O)C(CF)NC(=O)[C@H](N)CCc2ccccc2)cc1. The summed E-state index contributed by atoms with van der Waals surface area (Å²) in [4.78, 5) is 24.4. The minimum atomic E-state index is -1.30. The molecule has 0 aliphatic rings. The zero-order chi connectivity index (χ0) is 21.2. The molecule has 8 heteroatoms. The van der Waals surface area contributed by atoms with Gasteiger partial charge in [-0.25, -0.2) is 4.39 Å². The van der Waals surface area contributed by atoms with Crippen molar-refractivity contribution >= 4 is 17.6 Å². The van der Waals surface area contributed by atoms with Crippen LogP contribution in [-0.4, -0.2) is 36.4 Å². The number of amidine groups is 1. The molecule has 7 nitrogen and oxygen atoms in total. The van der Waals surface area contributed by atoms with Gasteiger partial charge in [-0.2, -0.15) is 0 Å². The summed E-state index contributed by atoms with van der Waals surface area (Å²) in [7, 11) is 0. The van der Waals surface area contributed by atoms with Crippen LogP contribution in [-0.2, 0) is 22.6 Å². The van der Waals surface area contributed by atoms with E-state index in [0.29, 0.717) is 18.4 Å². The smallest absolute Gasteiger partial charge is 0.245 e. The van der Waals surface area contributed by atoms with Gasteiger partial charge >= 0.3 is 0 Å². The first kappa shape index (κ1) is 22.0. The van der Waals surface area contributed by atoms with Crippen molar-refractivity contribution in [2.24, 2.45) is 11.5 Å². The standard InChI is InChI=1S/C21H26FN5O2/c22-12-18(21(29)26-13-15-6-9-16(10-7-15)19(24)25)27-20(28)17(23)11-8-14-4-2-1-3-5-14/h1-7,9-10,17-18H,8,11-13,23H2,(H3,24,25)(H,26,29)(H,27,28)/t17-,18?/m1/s1. The van der Waals surface area contributed by atoms with Crippen LogP contribution in [0.3, 0.4) is 0 Å². The van der Waals surface area contributed by atoms with E-state index < -0.39 is 30.6 Å². The van der Waals surface area contributed by atoms with Gasteiger partial charge in [0.2, 0.25) is 11.8 Å². The summed E-state index contributed by atoms with van der Waals surface area (Å²) >= 11 is 0. The van der Waals surface area contributed by atoms with Gasteiger partial charge in [-0.1, -0.05) is 54.6 Å². The first-order valence-corrected chi connectivity index (χ1v) is 9.27. The summed E-state index contributed by atoms with van der Waals surface area (Å²) in [5.74, 6) is -1.25. The van der Waals surface area contributed by atoms with E-state index in [1.54, 1.807) is 24.3 Å². The fraction of sp³-hybridized carbons (Fsp3) is 0.286. The minimum Gasteiger partial charge on any atom is -0.384 e. The molecule has 2 aromatic carbocycles. The molecule has 1 unspecified atom stereocenters. The van der Waals surface area contributed by atoms with Gasteiger partial charge in [0.1, 0.15) is 18.6 Å². The maximum Gasteiger partial charge on any atom is 0.245 e. The van der Waals surface area contributed by atoms with Gasteiger partial charge in [0.05, 0.1) is 6.04 Å². The average Bonchev–Trinajstić information content (AvgIpc) is 2.74. The van der Waals surface area contributed by atoms with E-state index >= 15 is 0 Å². The average molecular weight is 399 g/mol. The quantitative estimate of drug-likeness (QED) is 0.301. The van der Waals surface area contributed by atoms with Gasteiger partial charge < -0.3 is 22.1 Å². The number of hydrogen-bond acceptors (Lipinski definition) is 4. The Kier molecular flexibility index (Phi) is 8.29. The normalized spacial score (nSPS) is 12.6. The molecule has 0 aromatic heterocycles. The van der Waals surface area contributed by atoms with Crippen LogP contribution < -0.4 is 22.1 Å². The topological polar surface area (TPSA) is 134 Å². The van der Waals surface area contributed by atoms with Gasteiger partial charge in [-0.3, -0.25) is 15.0 Å². The van der Waals surface area contributed by atoms with Crippen LogP contribution in [0.2, 0.25) is 0 Å². The molecule has 2 aromatic rings. The van der Waals surface area contributed by atoms with Crippen LogP contribution in [0.5, 0.6) is 0 Å². The Hall–Kier alpha value is -3.26. The van der Waals surface area contributed by atoms with Crippen LogP contribution >= 0.6 is 0 Å². The molecule has 0 heterocycles. The molecule has 2 atom stereocenters. The Morgan fingerprint density at radius 2 is 1.66 bits per heavy atom. The molecule has 0 aliphatic carbocycles. The Labute approximate surface area is 169 Å². The molecule has 29 heavy (non-hydrogen) atoms. The number of nitrogens with one attached hydrogen (secondary N) is 3. The lowest BCUT2D eigenvalue weighted by atomic mass is 10.1. The second-order valence-corrected chi connectivity index (χ2v) is 6.67. The zero-order valence-electron chi connectivity index (χ0n) is 16.0. The Morgan fingerprint density at radius 3 is 2.24 bits per heavy atom. The minimum absolute atomic E-state index is 0.0515. The summed E-state index contributed by atoms with van der Waals surface area (Å²) in [6.07, 6.45) is 0.997. The van der Waals surface area contributed by atoms with Crippen molar-refractivity contribution in [3.05, 3.63) is 71.3 Å². The van der Waals surface area contributed by atoms with Crippen LogP contribution in [0.4, 0.5) is 4.39 Å². The van der Waals surface area contributed by atoms with Gasteiger partial charge in [0, 0.05) is 12.1 Å². The van der Waals surface area contributed by atoms with Crippen molar-refractivity contribution in [2.75, 3.05) is 6.67 Å². The van der Waals surface area contributed by atoms with Crippen molar-refractivity contribution in [1.82, 2.24) is 10.6 Å². The van der Waals surface area contributed by atoms with Gasteiger partial charge in [-0.15, -0.1) is 0 Å². The third kappa shape index (κ3) is 7.00. The summed E-state index contributed by atoms with van der Waals surface area (Å²) in [5, 5.41) is 12.3. The highest BCUT2D eigenvalue weighted by atomic mass is 19.1. The highest BCUT2D eigenvalue weighted by Crippen LogP contribution is 2.05. The van der Waals surface area contributed by atoms with Crippen molar-refractivity contribution in [2.45, 2.75) is 31.5 Å². The Balaban J connectivity index is 1.81. The number of carbonyl (C=O) groups excluding carboxylic acids is 2. The van der Waals surface area contributed by atoms with Crippen molar-refractivity contribution < 1.29 is 14.0 Å². The number of halogens is 1. The molecule has 2 rings (SSSR count). The maximum atomic E-state index is 13.3. The highest BCUT2D eigenvalue weighted by Gasteiger charge is 2.23. The van der Waals surface area contributed by atoms with Gasteiger partial charge in [-0.05, 0) is 24.0 Å². The number of carbonyl (C=O) groups is 2. The van der Waals surface area contributed by atoms with Crippen LogP contribution in [0, 0.1) is 5.41 Å². The third-order valence-electron chi connectivity index (χ3n) is 4.44. The number of aryl methyl sites for hydroxylation is 1. The molecule has 7 N–H and O–H groups in total. The van der Waals surface area contributed by atoms with Gasteiger partial charge in [0.25, 0.3) is 0 Å². The van der Waals surface area contributed by atoms with Crippen LogP contribution in [0.1, 0.15) is 23.1 Å². The Bertz CT molecular complexity index is 827. The second-order valence-electron chi connectivity index (χ2n) is 6.67. The fourth-order valence-electron chi connectivity index (χ4n) is 2.67. The van der Waals surface area contributed by atoms with Crippen LogP contribution in [0.15, 0.2) is 54.6 Å². The lowest BCUT2D eigenvalue weighted by Gasteiger charge is -2.18. The van der Waals surface area contributed by atoms with E-state index in [1.165, 1.54) is 0 Å². The number of hydrogen-bond donors (Lipinski definition) is 5. The second kappa shape index (κ2) is 10.9. The first-order chi connectivity index (χ1) is 13.9. The molecule has 0 saturated heterocycles. The predicted molar refractivity (Wildman–Crippen MR) is 110 cm³/mol. The van der Waals surface area contributed by atoms with Gasteiger partial charge in [0.15, 0.2) is 0 Å². The lowest BCUT2D eigenvalue weighted by molar-refractivity contribution is -0.130. The summed E-state index contributed by atoms with van der Waals surface area (Å²) in [6, 6.07) is 14.2. The number of alkyl halides is 1. The third-order valence-corrected chi connectivity index (χ3v) is 4.44. The summed E-state index contributed by atoms with van der Waals surface area (Å²) in [6.45, 7) is -0.879. The zero-order valence-corrected chi connectivity index (χ0v) is 16.0.